The van der Waals surface area contributed by atoms with Crippen LogP contribution in [0.15, 0.2) is 195 Å². The van der Waals surface area contributed by atoms with Crippen molar-refractivity contribution in [3.63, 3.8) is 0 Å². The highest BCUT2D eigenvalue weighted by Crippen LogP contribution is 2.39. The van der Waals surface area contributed by atoms with Crippen LogP contribution in [0, 0.1) is 0 Å². The molecule has 0 aliphatic rings. The minimum Gasteiger partial charge on any atom is -0.265 e. The molecule has 236 valence electrons. The molecule has 0 saturated carbocycles. The average Bonchev–Trinajstić information content (AvgIpc) is 3.22. The Morgan fingerprint density at radius 2 is 0.360 bits per heavy atom. The van der Waals surface area contributed by atoms with Crippen molar-refractivity contribution in [2.24, 2.45) is 0 Å². The first-order valence-electron chi connectivity index (χ1n) is 16.6. The number of rotatable bonds is 8. The lowest BCUT2D eigenvalue weighted by molar-refractivity contribution is 1.33. The molecule has 0 aliphatic heterocycles. The molecule has 0 fully saturated rings. The summed E-state index contributed by atoms with van der Waals surface area (Å²) < 4.78 is 0. The largest absolute Gasteiger partial charge is 0.265 e. The summed E-state index contributed by atoms with van der Waals surface area (Å²) in [6, 6.07) is 51.8. The van der Waals surface area contributed by atoms with E-state index in [0.717, 1.165) is 77.9 Å². The van der Waals surface area contributed by atoms with Gasteiger partial charge in [-0.2, -0.15) is 0 Å². The van der Waals surface area contributed by atoms with E-state index in [0.29, 0.717) is 0 Å². The standard InChI is InChI=1S/C46H32N4/c1-9-41(10-2-33(1)37-17-25-47-26-18-37)45(42-11-3-34(4-12-42)38-19-27-48-28-20-38)46(43-13-5-35(6-14-43)39-21-29-49-30-22-39)44-15-7-36(8-16-44)40-23-31-50-32-24-40/h1-32H. The second-order valence-corrected chi connectivity index (χ2v) is 12.0. The Bertz CT molecular complexity index is 1990. The molecule has 4 heteroatoms. The van der Waals surface area contributed by atoms with E-state index >= 15 is 0 Å². The maximum atomic E-state index is 4.21. The number of hydrogen-bond donors (Lipinski definition) is 0. The van der Waals surface area contributed by atoms with Gasteiger partial charge in [-0.1, -0.05) is 97.1 Å². The average molecular weight is 641 g/mol. The molecule has 0 N–H and O–H groups in total. The van der Waals surface area contributed by atoms with E-state index in [1.54, 1.807) is 0 Å². The second-order valence-electron chi connectivity index (χ2n) is 12.0. The zero-order valence-corrected chi connectivity index (χ0v) is 27.3. The van der Waals surface area contributed by atoms with Crippen LogP contribution in [0.5, 0.6) is 0 Å². The minimum absolute atomic E-state index is 1.13. The van der Waals surface area contributed by atoms with E-state index in [1.165, 1.54) is 0 Å². The van der Waals surface area contributed by atoms with Crippen molar-refractivity contribution in [1.29, 1.82) is 0 Å². The summed E-state index contributed by atoms with van der Waals surface area (Å²) in [5.74, 6) is 0. The zero-order chi connectivity index (χ0) is 33.5. The molecule has 4 aromatic carbocycles. The highest BCUT2D eigenvalue weighted by molar-refractivity contribution is 6.05. The van der Waals surface area contributed by atoms with E-state index in [2.05, 4.69) is 117 Å². The molecule has 0 amide bonds. The predicted molar refractivity (Wildman–Crippen MR) is 204 cm³/mol. The van der Waals surface area contributed by atoms with Gasteiger partial charge in [0, 0.05) is 49.6 Å². The molecular formula is C46H32N4. The molecule has 8 rings (SSSR count). The van der Waals surface area contributed by atoms with Crippen LogP contribution in [0.1, 0.15) is 22.3 Å². The minimum atomic E-state index is 1.13. The molecule has 4 aromatic heterocycles. The summed E-state index contributed by atoms with van der Waals surface area (Å²) in [5.41, 5.74) is 16.0. The van der Waals surface area contributed by atoms with E-state index in [4.69, 9.17) is 0 Å². The van der Waals surface area contributed by atoms with Gasteiger partial charge >= 0.3 is 0 Å². The first kappa shape index (κ1) is 30.5. The van der Waals surface area contributed by atoms with Crippen LogP contribution in [-0.4, -0.2) is 19.9 Å². The fourth-order valence-electron chi connectivity index (χ4n) is 6.41. The first-order valence-corrected chi connectivity index (χ1v) is 16.6. The van der Waals surface area contributed by atoms with Gasteiger partial charge in [0.1, 0.15) is 0 Å². The lowest BCUT2D eigenvalue weighted by Crippen LogP contribution is -1.98. The smallest absolute Gasteiger partial charge is 0.0273 e. The van der Waals surface area contributed by atoms with Gasteiger partial charge in [-0.3, -0.25) is 19.9 Å². The number of nitrogens with zero attached hydrogens (tertiary/aromatic N) is 4. The van der Waals surface area contributed by atoms with Crippen molar-refractivity contribution in [2.75, 3.05) is 0 Å². The lowest BCUT2D eigenvalue weighted by Gasteiger charge is -2.19. The maximum absolute atomic E-state index is 4.21. The topological polar surface area (TPSA) is 51.6 Å². The fourth-order valence-corrected chi connectivity index (χ4v) is 6.41. The maximum Gasteiger partial charge on any atom is 0.0273 e. The van der Waals surface area contributed by atoms with Crippen molar-refractivity contribution < 1.29 is 0 Å². The van der Waals surface area contributed by atoms with Crippen molar-refractivity contribution in [1.82, 2.24) is 19.9 Å². The highest BCUT2D eigenvalue weighted by atomic mass is 14.6. The highest BCUT2D eigenvalue weighted by Gasteiger charge is 2.18. The van der Waals surface area contributed by atoms with Crippen molar-refractivity contribution in [3.05, 3.63) is 217 Å². The summed E-state index contributed by atoms with van der Waals surface area (Å²) in [7, 11) is 0. The van der Waals surface area contributed by atoms with Crippen LogP contribution in [0.4, 0.5) is 0 Å². The van der Waals surface area contributed by atoms with Crippen molar-refractivity contribution in [2.45, 2.75) is 0 Å². The third-order valence-corrected chi connectivity index (χ3v) is 9.00. The normalized spacial score (nSPS) is 10.8. The van der Waals surface area contributed by atoms with E-state index in [1.807, 2.05) is 98.1 Å². The molecule has 0 radical (unpaired) electrons. The molecule has 0 unspecified atom stereocenters. The molecule has 4 heterocycles. The number of hydrogen-bond acceptors (Lipinski definition) is 4. The van der Waals surface area contributed by atoms with Crippen LogP contribution in [0.3, 0.4) is 0 Å². The fraction of sp³-hybridized carbons (Fsp3) is 0. The summed E-state index contributed by atoms with van der Waals surface area (Å²) in [6.45, 7) is 0. The van der Waals surface area contributed by atoms with Gasteiger partial charge in [-0.25, -0.2) is 0 Å². The molecule has 8 aromatic rings. The van der Waals surface area contributed by atoms with E-state index < -0.39 is 0 Å². The Labute approximate surface area is 292 Å². The molecule has 0 spiro atoms. The van der Waals surface area contributed by atoms with E-state index in [9.17, 15) is 0 Å². The van der Waals surface area contributed by atoms with Gasteiger partial charge in [0.2, 0.25) is 0 Å². The Balaban J connectivity index is 1.33. The van der Waals surface area contributed by atoms with Gasteiger partial charge in [-0.05, 0) is 126 Å². The van der Waals surface area contributed by atoms with Crippen molar-refractivity contribution in [3.8, 4) is 44.5 Å². The Morgan fingerprint density at radius 3 is 0.540 bits per heavy atom. The molecule has 50 heavy (non-hydrogen) atoms. The quantitative estimate of drug-likeness (QED) is 0.155. The first-order chi connectivity index (χ1) is 24.8. The van der Waals surface area contributed by atoms with Gasteiger partial charge in [0.25, 0.3) is 0 Å². The van der Waals surface area contributed by atoms with Crippen LogP contribution in [0.2, 0.25) is 0 Å². The molecule has 0 aliphatic carbocycles. The van der Waals surface area contributed by atoms with Gasteiger partial charge < -0.3 is 0 Å². The number of benzene rings is 4. The third kappa shape index (κ3) is 6.51. The summed E-state index contributed by atoms with van der Waals surface area (Å²) in [5, 5.41) is 0. The monoisotopic (exact) mass is 640 g/mol. The summed E-state index contributed by atoms with van der Waals surface area (Å²) >= 11 is 0. The van der Waals surface area contributed by atoms with Crippen molar-refractivity contribution >= 4 is 11.1 Å². The Kier molecular flexibility index (Phi) is 8.64. The van der Waals surface area contributed by atoms with Crippen LogP contribution < -0.4 is 0 Å². The third-order valence-electron chi connectivity index (χ3n) is 9.00. The predicted octanol–water partition coefficient (Wildman–Crippen LogP) is 10.9. The molecule has 0 bridgehead atoms. The molecule has 0 saturated heterocycles. The van der Waals surface area contributed by atoms with E-state index in [-0.39, 0.29) is 0 Å². The SMILES string of the molecule is c1cc(-c2ccc(C(=C(c3ccc(-c4ccncc4)cc3)c3ccc(-c4ccncc4)cc3)c3ccc(-c4ccncc4)cc3)cc2)ccn1. The van der Waals surface area contributed by atoms with Gasteiger partial charge in [0.15, 0.2) is 0 Å². The zero-order valence-electron chi connectivity index (χ0n) is 27.3. The lowest BCUT2D eigenvalue weighted by atomic mass is 9.84. The number of aromatic nitrogens is 4. The Morgan fingerprint density at radius 1 is 0.200 bits per heavy atom. The van der Waals surface area contributed by atoms with Crippen LogP contribution in [-0.2, 0) is 0 Å². The van der Waals surface area contributed by atoms with Gasteiger partial charge in [-0.15, -0.1) is 0 Å². The molecule has 4 nitrogen and oxygen atoms in total. The van der Waals surface area contributed by atoms with Gasteiger partial charge in [0.05, 0.1) is 0 Å². The molecular weight excluding hydrogens is 609 g/mol. The van der Waals surface area contributed by atoms with Crippen LogP contribution >= 0.6 is 0 Å². The summed E-state index contributed by atoms with van der Waals surface area (Å²) in [6.07, 6.45) is 14.7. The van der Waals surface area contributed by atoms with Crippen LogP contribution in [0.25, 0.3) is 55.7 Å². The second kappa shape index (κ2) is 14.1. The number of pyridine rings is 4. The Hall–Kier alpha value is -6.78. The summed E-state index contributed by atoms with van der Waals surface area (Å²) in [4.78, 5) is 16.8. The molecule has 0 atom stereocenters.